The molecule has 1 aromatic carbocycles. The lowest BCUT2D eigenvalue weighted by Gasteiger charge is -2.51. The number of hydrogen-bond donors (Lipinski definition) is 1. The molecule has 0 heterocycles. The normalized spacial score (nSPS) is 31.2. The van der Waals surface area contributed by atoms with Gasteiger partial charge < -0.3 is 9.47 Å². The van der Waals surface area contributed by atoms with Crippen molar-refractivity contribution >= 4 is 10.0 Å². The van der Waals surface area contributed by atoms with Crippen LogP contribution in [0.15, 0.2) is 30.3 Å². The lowest BCUT2D eigenvalue weighted by molar-refractivity contribution is -0.121. The highest BCUT2D eigenvalue weighted by Gasteiger charge is 2.50. The van der Waals surface area contributed by atoms with Gasteiger partial charge in [0.25, 0.3) is 0 Å². The number of hydrogen-bond acceptors (Lipinski definition) is 4. The molecule has 2 atom stereocenters. The molecule has 140 valence electrons. The Bertz CT molecular complexity index is 668. The SMILES string of the molecule is COC1CC(CS(=O)(=O)N[C@@H]2CC(C)(C)[C@@H]2OCc2ccccc2)C1. The van der Waals surface area contributed by atoms with Crippen LogP contribution in [0.3, 0.4) is 0 Å². The predicted octanol–water partition coefficient (Wildman–Crippen LogP) is 2.71. The zero-order valence-corrected chi connectivity index (χ0v) is 16.1. The van der Waals surface area contributed by atoms with Crippen LogP contribution in [0, 0.1) is 11.3 Å². The Morgan fingerprint density at radius 3 is 2.48 bits per heavy atom. The molecule has 2 aliphatic rings. The lowest BCUT2D eigenvalue weighted by Crippen LogP contribution is -2.62. The molecule has 2 fully saturated rings. The van der Waals surface area contributed by atoms with Crippen LogP contribution in [0.2, 0.25) is 0 Å². The Labute approximate surface area is 151 Å². The monoisotopic (exact) mass is 367 g/mol. The van der Waals surface area contributed by atoms with E-state index in [1.54, 1.807) is 7.11 Å². The molecule has 0 amide bonds. The van der Waals surface area contributed by atoms with E-state index in [2.05, 4.69) is 18.6 Å². The first-order valence-electron chi connectivity index (χ1n) is 8.97. The summed E-state index contributed by atoms with van der Waals surface area (Å²) in [5.41, 5.74) is 1.09. The summed E-state index contributed by atoms with van der Waals surface area (Å²) in [6.07, 6.45) is 2.60. The number of methoxy groups -OCH3 is 1. The minimum absolute atomic E-state index is 0.0143. The van der Waals surface area contributed by atoms with E-state index < -0.39 is 10.0 Å². The molecule has 2 aliphatic carbocycles. The summed E-state index contributed by atoms with van der Waals surface area (Å²) in [6, 6.07) is 9.85. The van der Waals surface area contributed by atoms with Crippen LogP contribution in [0.4, 0.5) is 0 Å². The first-order valence-corrected chi connectivity index (χ1v) is 10.6. The fourth-order valence-corrected chi connectivity index (χ4v) is 5.63. The third-order valence-corrected chi connectivity index (χ3v) is 7.04. The van der Waals surface area contributed by atoms with Gasteiger partial charge in [0.1, 0.15) is 0 Å². The molecule has 1 N–H and O–H groups in total. The minimum Gasteiger partial charge on any atom is -0.381 e. The van der Waals surface area contributed by atoms with Crippen molar-refractivity contribution in [3.8, 4) is 0 Å². The van der Waals surface area contributed by atoms with E-state index in [1.165, 1.54) is 0 Å². The van der Waals surface area contributed by atoms with Crippen molar-refractivity contribution < 1.29 is 17.9 Å². The molecule has 0 aromatic heterocycles. The number of rotatable bonds is 8. The first-order chi connectivity index (χ1) is 11.8. The average Bonchev–Trinajstić information content (AvgIpc) is 2.50. The molecule has 5 nitrogen and oxygen atoms in total. The first kappa shape index (κ1) is 18.8. The van der Waals surface area contributed by atoms with Crippen LogP contribution in [0.5, 0.6) is 0 Å². The number of sulfonamides is 1. The van der Waals surface area contributed by atoms with Gasteiger partial charge in [0.05, 0.1) is 24.6 Å². The Balaban J connectivity index is 1.52. The minimum atomic E-state index is -3.29. The zero-order chi connectivity index (χ0) is 18.1. The van der Waals surface area contributed by atoms with Crippen LogP contribution in [-0.4, -0.2) is 39.5 Å². The quantitative estimate of drug-likeness (QED) is 0.767. The van der Waals surface area contributed by atoms with Crippen LogP contribution < -0.4 is 4.72 Å². The third kappa shape index (κ3) is 4.61. The highest BCUT2D eigenvalue weighted by atomic mass is 32.2. The smallest absolute Gasteiger partial charge is 0.212 e. The molecule has 0 unspecified atom stereocenters. The third-order valence-electron chi connectivity index (χ3n) is 5.47. The highest BCUT2D eigenvalue weighted by molar-refractivity contribution is 7.89. The zero-order valence-electron chi connectivity index (χ0n) is 15.3. The van der Waals surface area contributed by atoms with Gasteiger partial charge in [-0.3, -0.25) is 0 Å². The second-order valence-corrected chi connectivity index (χ2v) is 9.91. The number of nitrogens with one attached hydrogen (secondary N) is 1. The molecule has 0 aliphatic heterocycles. The van der Waals surface area contributed by atoms with Gasteiger partial charge in [0.2, 0.25) is 10.0 Å². The molecule has 0 saturated heterocycles. The molecule has 25 heavy (non-hydrogen) atoms. The highest BCUT2D eigenvalue weighted by Crippen LogP contribution is 2.43. The number of benzene rings is 1. The topological polar surface area (TPSA) is 64.6 Å². The van der Waals surface area contributed by atoms with E-state index in [9.17, 15) is 8.42 Å². The van der Waals surface area contributed by atoms with Gasteiger partial charge in [-0.2, -0.15) is 0 Å². The van der Waals surface area contributed by atoms with Crippen molar-refractivity contribution in [2.24, 2.45) is 11.3 Å². The maximum absolute atomic E-state index is 12.5. The molecule has 3 rings (SSSR count). The summed E-state index contributed by atoms with van der Waals surface area (Å²) in [5.74, 6) is 0.397. The fraction of sp³-hybridized carbons (Fsp3) is 0.684. The summed E-state index contributed by atoms with van der Waals surface area (Å²) < 4.78 is 39.1. The van der Waals surface area contributed by atoms with Gasteiger partial charge in [-0.05, 0) is 36.2 Å². The van der Waals surface area contributed by atoms with E-state index in [0.717, 1.165) is 24.8 Å². The predicted molar refractivity (Wildman–Crippen MR) is 97.6 cm³/mol. The largest absolute Gasteiger partial charge is 0.381 e. The van der Waals surface area contributed by atoms with Gasteiger partial charge in [0, 0.05) is 13.2 Å². The maximum atomic E-state index is 12.5. The van der Waals surface area contributed by atoms with Crippen molar-refractivity contribution in [1.29, 1.82) is 0 Å². The van der Waals surface area contributed by atoms with Gasteiger partial charge in [-0.15, -0.1) is 0 Å². The molecule has 0 bridgehead atoms. The molecule has 6 heteroatoms. The summed E-state index contributed by atoms with van der Waals surface area (Å²) in [6.45, 7) is 4.76. The molecular weight excluding hydrogens is 338 g/mol. The van der Waals surface area contributed by atoms with Crippen LogP contribution in [0.25, 0.3) is 0 Å². The molecule has 2 saturated carbocycles. The molecule has 1 aromatic rings. The average molecular weight is 368 g/mol. The number of ether oxygens (including phenoxy) is 2. The van der Waals surface area contributed by atoms with E-state index in [4.69, 9.17) is 9.47 Å². The van der Waals surface area contributed by atoms with Gasteiger partial charge in [-0.1, -0.05) is 44.2 Å². The maximum Gasteiger partial charge on any atom is 0.212 e. The standard InChI is InChI=1S/C19H29NO4S/c1-19(2)11-17(18(19)24-12-14-7-5-4-6-8-14)20-25(21,22)13-15-9-16(10-15)23-3/h4-8,15-18,20H,9-13H2,1-3H3/t15?,16?,17-,18-/m1/s1. The van der Waals surface area contributed by atoms with Gasteiger partial charge in [0.15, 0.2) is 0 Å². The Morgan fingerprint density at radius 2 is 1.88 bits per heavy atom. The van der Waals surface area contributed by atoms with Gasteiger partial charge >= 0.3 is 0 Å². The van der Waals surface area contributed by atoms with Crippen LogP contribution in [0.1, 0.15) is 38.7 Å². The van der Waals surface area contributed by atoms with Crippen LogP contribution in [-0.2, 0) is 26.1 Å². The Hall–Kier alpha value is -0.950. The molecule has 0 radical (unpaired) electrons. The van der Waals surface area contributed by atoms with Crippen molar-refractivity contribution in [3.05, 3.63) is 35.9 Å². The molecule has 0 spiro atoms. The summed E-state index contributed by atoms with van der Waals surface area (Å²) in [5, 5.41) is 0. The molecular formula is C19H29NO4S. The summed E-state index contributed by atoms with van der Waals surface area (Å²) >= 11 is 0. The van der Waals surface area contributed by atoms with Crippen molar-refractivity contribution in [1.82, 2.24) is 4.72 Å². The van der Waals surface area contributed by atoms with Crippen molar-refractivity contribution in [2.45, 2.75) is 58.0 Å². The van der Waals surface area contributed by atoms with E-state index in [-0.39, 0.29) is 35.3 Å². The van der Waals surface area contributed by atoms with E-state index >= 15 is 0 Å². The van der Waals surface area contributed by atoms with E-state index in [0.29, 0.717) is 6.61 Å². The second-order valence-electron chi connectivity index (χ2n) is 8.11. The Kier molecular flexibility index (Phi) is 5.54. The summed E-state index contributed by atoms with van der Waals surface area (Å²) in [4.78, 5) is 0. The van der Waals surface area contributed by atoms with Crippen LogP contribution >= 0.6 is 0 Å². The van der Waals surface area contributed by atoms with Gasteiger partial charge in [-0.25, -0.2) is 13.1 Å². The van der Waals surface area contributed by atoms with Crippen molar-refractivity contribution in [3.63, 3.8) is 0 Å². The van der Waals surface area contributed by atoms with E-state index in [1.807, 2.05) is 30.3 Å². The fourth-order valence-electron chi connectivity index (χ4n) is 3.97. The Morgan fingerprint density at radius 1 is 1.20 bits per heavy atom. The second kappa shape index (κ2) is 7.35. The van der Waals surface area contributed by atoms with Crippen molar-refractivity contribution in [2.75, 3.05) is 12.9 Å². The lowest BCUT2D eigenvalue weighted by atomic mass is 9.66. The summed E-state index contributed by atoms with van der Waals surface area (Å²) in [7, 11) is -1.61.